The summed E-state index contributed by atoms with van der Waals surface area (Å²) in [5.41, 5.74) is 0.505. The third-order valence-corrected chi connectivity index (χ3v) is 3.71. The summed E-state index contributed by atoms with van der Waals surface area (Å²) >= 11 is 0. The molecule has 1 aromatic rings. The van der Waals surface area contributed by atoms with Crippen LogP contribution >= 0.6 is 0 Å². The van der Waals surface area contributed by atoms with E-state index < -0.39 is 6.10 Å². The van der Waals surface area contributed by atoms with Crippen molar-refractivity contribution in [2.24, 2.45) is 5.92 Å². The monoisotopic (exact) mass is 288 g/mol. The SMILES string of the molecule is CC(Oc1cccc(C#N)c1)C(=O)N1CCCC(CO)C1. The number of nitriles is 1. The molecule has 0 radical (unpaired) electrons. The maximum atomic E-state index is 12.4. The lowest BCUT2D eigenvalue weighted by molar-refractivity contribution is -0.140. The molecule has 1 aliphatic rings. The van der Waals surface area contributed by atoms with Gasteiger partial charge in [-0.3, -0.25) is 4.79 Å². The molecule has 0 aliphatic carbocycles. The number of carbonyl (C=O) groups excluding carboxylic acids is 1. The highest BCUT2D eigenvalue weighted by Gasteiger charge is 2.27. The molecule has 0 spiro atoms. The van der Waals surface area contributed by atoms with Crippen LogP contribution < -0.4 is 4.74 Å². The lowest BCUT2D eigenvalue weighted by atomic mass is 9.99. The smallest absolute Gasteiger partial charge is 0.263 e. The van der Waals surface area contributed by atoms with E-state index in [2.05, 4.69) is 0 Å². The van der Waals surface area contributed by atoms with E-state index in [-0.39, 0.29) is 18.4 Å². The minimum Gasteiger partial charge on any atom is -0.481 e. The Balaban J connectivity index is 1.97. The standard InChI is InChI=1S/C16H20N2O3/c1-12(21-15-6-2-4-13(8-15)9-17)16(20)18-7-3-5-14(10-18)11-19/h2,4,6,8,12,14,19H,3,5,7,10-11H2,1H3. The van der Waals surface area contributed by atoms with Crippen molar-refractivity contribution in [2.75, 3.05) is 19.7 Å². The molecule has 1 heterocycles. The predicted octanol–water partition coefficient (Wildman–Crippen LogP) is 1.56. The van der Waals surface area contributed by atoms with E-state index in [4.69, 9.17) is 10.00 Å². The van der Waals surface area contributed by atoms with Crippen LogP contribution in [-0.2, 0) is 4.79 Å². The molecule has 1 aliphatic heterocycles. The molecule has 0 bridgehead atoms. The van der Waals surface area contributed by atoms with Gasteiger partial charge in [-0.25, -0.2) is 0 Å². The molecule has 0 aromatic heterocycles. The molecule has 1 amide bonds. The van der Waals surface area contributed by atoms with Gasteiger partial charge in [-0.05, 0) is 43.9 Å². The summed E-state index contributed by atoms with van der Waals surface area (Å²) in [7, 11) is 0. The molecule has 0 saturated carbocycles. The fraction of sp³-hybridized carbons (Fsp3) is 0.500. The van der Waals surface area contributed by atoms with Gasteiger partial charge in [0.1, 0.15) is 5.75 Å². The lowest BCUT2D eigenvalue weighted by Crippen LogP contribution is -2.46. The zero-order chi connectivity index (χ0) is 15.2. The first-order valence-corrected chi connectivity index (χ1v) is 7.20. The minimum atomic E-state index is -0.601. The number of ether oxygens (including phenoxy) is 1. The van der Waals surface area contributed by atoms with Crippen molar-refractivity contribution < 1.29 is 14.6 Å². The van der Waals surface area contributed by atoms with Crippen molar-refractivity contribution in [3.05, 3.63) is 29.8 Å². The number of carbonyl (C=O) groups is 1. The highest BCUT2D eigenvalue weighted by Crippen LogP contribution is 2.19. The van der Waals surface area contributed by atoms with Gasteiger partial charge in [0.15, 0.2) is 6.10 Å². The van der Waals surface area contributed by atoms with Gasteiger partial charge in [0.2, 0.25) is 0 Å². The quantitative estimate of drug-likeness (QED) is 0.912. The number of aliphatic hydroxyl groups is 1. The highest BCUT2D eigenvalue weighted by atomic mass is 16.5. The second-order valence-corrected chi connectivity index (χ2v) is 5.37. The summed E-state index contributed by atoms with van der Waals surface area (Å²) in [5, 5.41) is 18.1. The average molecular weight is 288 g/mol. The number of rotatable bonds is 4. The maximum absolute atomic E-state index is 12.4. The number of amides is 1. The third kappa shape index (κ3) is 3.96. The van der Waals surface area contributed by atoms with Gasteiger partial charge < -0.3 is 14.7 Å². The van der Waals surface area contributed by atoms with Crippen LogP contribution in [0.3, 0.4) is 0 Å². The molecule has 1 saturated heterocycles. The van der Waals surface area contributed by atoms with Crippen molar-refractivity contribution in [1.29, 1.82) is 5.26 Å². The predicted molar refractivity (Wildman–Crippen MR) is 77.6 cm³/mol. The molecule has 2 rings (SSSR count). The van der Waals surface area contributed by atoms with Gasteiger partial charge in [-0.2, -0.15) is 5.26 Å². The van der Waals surface area contributed by atoms with E-state index in [1.807, 2.05) is 6.07 Å². The molecule has 5 heteroatoms. The van der Waals surface area contributed by atoms with Crippen LogP contribution in [0.2, 0.25) is 0 Å². The first-order valence-electron chi connectivity index (χ1n) is 7.20. The largest absolute Gasteiger partial charge is 0.481 e. The number of hydrogen-bond donors (Lipinski definition) is 1. The van der Waals surface area contributed by atoms with E-state index in [1.165, 1.54) is 0 Å². The van der Waals surface area contributed by atoms with Crippen LogP contribution in [0, 0.1) is 17.2 Å². The van der Waals surface area contributed by atoms with Crippen molar-refractivity contribution in [2.45, 2.75) is 25.9 Å². The van der Waals surface area contributed by atoms with Crippen molar-refractivity contribution in [3.63, 3.8) is 0 Å². The Hall–Kier alpha value is -2.06. The Bertz CT molecular complexity index is 539. The van der Waals surface area contributed by atoms with E-state index in [0.29, 0.717) is 24.4 Å². The molecule has 2 atom stereocenters. The Morgan fingerprint density at radius 1 is 1.62 bits per heavy atom. The minimum absolute atomic E-state index is 0.0736. The maximum Gasteiger partial charge on any atom is 0.263 e. The van der Waals surface area contributed by atoms with Crippen LogP contribution in [0.25, 0.3) is 0 Å². The topological polar surface area (TPSA) is 73.6 Å². The van der Waals surface area contributed by atoms with Gasteiger partial charge in [-0.1, -0.05) is 6.07 Å². The number of hydrogen-bond acceptors (Lipinski definition) is 4. The van der Waals surface area contributed by atoms with E-state index in [1.54, 1.807) is 36.1 Å². The Kier molecular flexibility index (Phi) is 5.18. The van der Waals surface area contributed by atoms with Gasteiger partial charge in [-0.15, -0.1) is 0 Å². The zero-order valence-corrected chi connectivity index (χ0v) is 12.2. The van der Waals surface area contributed by atoms with Crippen LogP contribution in [0.15, 0.2) is 24.3 Å². The third-order valence-electron chi connectivity index (χ3n) is 3.71. The van der Waals surface area contributed by atoms with Crippen molar-refractivity contribution in [3.8, 4) is 11.8 Å². The molecule has 1 fully saturated rings. The Morgan fingerprint density at radius 3 is 3.14 bits per heavy atom. The molecule has 5 nitrogen and oxygen atoms in total. The second kappa shape index (κ2) is 7.09. The van der Waals surface area contributed by atoms with Crippen LogP contribution in [0.1, 0.15) is 25.3 Å². The van der Waals surface area contributed by atoms with Gasteiger partial charge in [0, 0.05) is 19.7 Å². The lowest BCUT2D eigenvalue weighted by Gasteiger charge is -2.33. The summed E-state index contributed by atoms with van der Waals surface area (Å²) in [4.78, 5) is 14.1. The summed E-state index contributed by atoms with van der Waals surface area (Å²) in [6, 6.07) is 8.82. The fourth-order valence-corrected chi connectivity index (χ4v) is 2.56. The summed E-state index contributed by atoms with van der Waals surface area (Å²) < 4.78 is 5.64. The number of nitrogens with zero attached hydrogens (tertiary/aromatic N) is 2. The van der Waals surface area contributed by atoms with Crippen LogP contribution in [0.4, 0.5) is 0 Å². The fourth-order valence-electron chi connectivity index (χ4n) is 2.56. The molecular formula is C16H20N2O3. The van der Waals surface area contributed by atoms with Gasteiger partial charge in [0.25, 0.3) is 5.91 Å². The zero-order valence-electron chi connectivity index (χ0n) is 12.2. The van der Waals surface area contributed by atoms with E-state index in [9.17, 15) is 9.90 Å². The van der Waals surface area contributed by atoms with Crippen LogP contribution in [-0.4, -0.2) is 41.7 Å². The molecule has 112 valence electrons. The molecule has 21 heavy (non-hydrogen) atoms. The first-order chi connectivity index (χ1) is 10.1. The first kappa shape index (κ1) is 15.3. The van der Waals surface area contributed by atoms with Crippen molar-refractivity contribution in [1.82, 2.24) is 4.90 Å². The summed E-state index contributed by atoms with van der Waals surface area (Å²) in [6.45, 7) is 3.12. The van der Waals surface area contributed by atoms with Gasteiger partial charge in [0.05, 0.1) is 11.6 Å². The Labute approximate surface area is 124 Å². The molecule has 1 N–H and O–H groups in total. The highest BCUT2D eigenvalue weighted by molar-refractivity contribution is 5.81. The number of likely N-dealkylation sites (tertiary alicyclic amines) is 1. The van der Waals surface area contributed by atoms with Crippen molar-refractivity contribution >= 4 is 5.91 Å². The molecule has 2 unspecified atom stereocenters. The normalized spacial score (nSPS) is 19.7. The van der Waals surface area contributed by atoms with E-state index >= 15 is 0 Å². The molecular weight excluding hydrogens is 268 g/mol. The summed E-state index contributed by atoms with van der Waals surface area (Å²) in [5.74, 6) is 0.609. The van der Waals surface area contributed by atoms with E-state index in [0.717, 1.165) is 12.8 Å². The number of piperidine rings is 1. The van der Waals surface area contributed by atoms with Gasteiger partial charge >= 0.3 is 0 Å². The van der Waals surface area contributed by atoms with Crippen LogP contribution in [0.5, 0.6) is 5.75 Å². The number of benzene rings is 1. The molecule has 1 aromatic carbocycles. The summed E-state index contributed by atoms with van der Waals surface area (Å²) in [6.07, 6.45) is 1.27. The average Bonchev–Trinajstić information content (AvgIpc) is 2.54. The Morgan fingerprint density at radius 2 is 2.43 bits per heavy atom. The second-order valence-electron chi connectivity index (χ2n) is 5.37. The number of aliphatic hydroxyl groups excluding tert-OH is 1.